The standard InChI is InChI=1S/C22H29N3O4S/c1-14-9-16(7-8-20(14)30(2)29)17(10-15-5-3-4-6-15)22(28)25-21-12-23-18(11-24-21)19(27)13-26/h7-9,11-12,15,17,19,26-27H,3-6,10,13H2,1-2H3,(H,24,25,28). The number of anilines is 1. The Morgan fingerprint density at radius 2 is 2.00 bits per heavy atom. The lowest BCUT2D eigenvalue weighted by Crippen LogP contribution is -2.24. The van der Waals surface area contributed by atoms with Crippen LogP contribution in [0.1, 0.15) is 60.9 Å². The van der Waals surface area contributed by atoms with Crippen molar-refractivity contribution in [2.24, 2.45) is 5.92 Å². The maximum Gasteiger partial charge on any atom is 0.233 e. The summed E-state index contributed by atoms with van der Waals surface area (Å²) < 4.78 is 11.9. The van der Waals surface area contributed by atoms with Crippen molar-refractivity contribution in [3.63, 3.8) is 0 Å². The highest BCUT2D eigenvalue weighted by Crippen LogP contribution is 2.35. The molecule has 2 aromatic rings. The molecule has 0 radical (unpaired) electrons. The van der Waals surface area contributed by atoms with Gasteiger partial charge in [0, 0.05) is 11.2 Å². The van der Waals surface area contributed by atoms with Gasteiger partial charge in [-0.25, -0.2) is 4.98 Å². The summed E-state index contributed by atoms with van der Waals surface area (Å²) in [5, 5.41) is 21.5. The van der Waals surface area contributed by atoms with E-state index in [0.717, 1.165) is 35.3 Å². The highest BCUT2D eigenvalue weighted by atomic mass is 32.2. The van der Waals surface area contributed by atoms with Crippen molar-refractivity contribution in [1.82, 2.24) is 9.97 Å². The van der Waals surface area contributed by atoms with Gasteiger partial charge in [0.25, 0.3) is 0 Å². The quantitative estimate of drug-likeness (QED) is 0.592. The minimum absolute atomic E-state index is 0.156. The Morgan fingerprint density at radius 1 is 1.27 bits per heavy atom. The highest BCUT2D eigenvalue weighted by molar-refractivity contribution is 7.84. The van der Waals surface area contributed by atoms with Crippen molar-refractivity contribution in [3.05, 3.63) is 47.4 Å². The molecule has 0 spiro atoms. The number of benzene rings is 1. The number of hydrogen-bond donors (Lipinski definition) is 3. The molecule has 1 heterocycles. The molecule has 30 heavy (non-hydrogen) atoms. The first-order valence-electron chi connectivity index (χ1n) is 10.2. The number of aliphatic hydroxyl groups is 2. The van der Waals surface area contributed by atoms with E-state index in [0.29, 0.717) is 11.7 Å². The lowest BCUT2D eigenvalue weighted by molar-refractivity contribution is -0.118. The molecule has 1 aliphatic carbocycles. The predicted molar refractivity (Wildman–Crippen MR) is 116 cm³/mol. The summed E-state index contributed by atoms with van der Waals surface area (Å²) in [4.78, 5) is 22.2. The zero-order valence-corrected chi connectivity index (χ0v) is 18.2. The minimum atomic E-state index is -1.09. The fourth-order valence-electron chi connectivity index (χ4n) is 4.07. The summed E-state index contributed by atoms with van der Waals surface area (Å²) in [5.74, 6) is 0.314. The number of hydrogen-bond acceptors (Lipinski definition) is 6. The fourth-order valence-corrected chi connectivity index (χ4v) is 4.84. The van der Waals surface area contributed by atoms with Crippen molar-refractivity contribution in [1.29, 1.82) is 0 Å². The molecule has 8 heteroatoms. The molecule has 7 nitrogen and oxygen atoms in total. The van der Waals surface area contributed by atoms with E-state index in [1.54, 1.807) is 6.26 Å². The van der Waals surface area contributed by atoms with Crippen LogP contribution in [0, 0.1) is 12.8 Å². The minimum Gasteiger partial charge on any atom is -0.393 e. The maximum atomic E-state index is 13.2. The number of amides is 1. The molecular formula is C22H29N3O4S. The maximum absolute atomic E-state index is 13.2. The number of carbonyl (C=O) groups is 1. The van der Waals surface area contributed by atoms with Crippen LogP contribution in [-0.2, 0) is 15.6 Å². The van der Waals surface area contributed by atoms with Gasteiger partial charge >= 0.3 is 0 Å². The molecule has 1 aromatic carbocycles. The Labute approximate surface area is 179 Å². The van der Waals surface area contributed by atoms with Crippen LogP contribution >= 0.6 is 0 Å². The van der Waals surface area contributed by atoms with Crippen molar-refractivity contribution in [2.45, 2.75) is 55.9 Å². The van der Waals surface area contributed by atoms with E-state index in [-0.39, 0.29) is 17.5 Å². The number of carbonyl (C=O) groups excluding carboxylic acids is 1. The number of aryl methyl sites for hydroxylation is 1. The van der Waals surface area contributed by atoms with Crippen LogP contribution in [0.25, 0.3) is 0 Å². The molecule has 1 saturated carbocycles. The van der Waals surface area contributed by atoms with Crippen LogP contribution in [0.2, 0.25) is 0 Å². The van der Waals surface area contributed by atoms with Crippen LogP contribution < -0.4 is 5.32 Å². The molecule has 1 aromatic heterocycles. The normalized spacial score (nSPS) is 17.5. The van der Waals surface area contributed by atoms with Crippen molar-refractivity contribution in [3.8, 4) is 0 Å². The molecule has 162 valence electrons. The van der Waals surface area contributed by atoms with Gasteiger partial charge in [0.15, 0.2) is 5.82 Å². The van der Waals surface area contributed by atoms with E-state index in [1.807, 2.05) is 25.1 Å². The lowest BCUT2D eigenvalue weighted by Gasteiger charge is -2.21. The monoisotopic (exact) mass is 431 g/mol. The van der Waals surface area contributed by atoms with Gasteiger partial charge in [0.2, 0.25) is 5.91 Å². The summed E-state index contributed by atoms with van der Waals surface area (Å²) in [7, 11) is -1.07. The average molecular weight is 432 g/mol. The van der Waals surface area contributed by atoms with Gasteiger partial charge in [-0.2, -0.15) is 0 Å². The topological polar surface area (TPSA) is 112 Å². The van der Waals surface area contributed by atoms with E-state index in [4.69, 9.17) is 5.11 Å². The largest absolute Gasteiger partial charge is 0.393 e. The van der Waals surface area contributed by atoms with E-state index in [1.165, 1.54) is 25.2 Å². The zero-order chi connectivity index (χ0) is 21.7. The Bertz CT molecular complexity index is 898. The molecule has 0 aliphatic heterocycles. The first-order valence-corrected chi connectivity index (χ1v) is 11.8. The van der Waals surface area contributed by atoms with Gasteiger partial charge < -0.3 is 15.5 Å². The second-order valence-corrected chi connectivity index (χ2v) is 9.28. The van der Waals surface area contributed by atoms with Crippen molar-refractivity contribution < 1.29 is 19.2 Å². The van der Waals surface area contributed by atoms with E-state index < -0.39 is 23.5 Å². The first kappa shape index (κ1) is 22.5. The predicted octanol–water partition coefficient (Wildman–Crippen LogP) is 2.85. The summed E-state index contributed by atoms with van der Waals surface area (Å²) in [6.07, 6.45) is 8.71. The molecule has 3 N–H and O–H groups in total. The Kier molecular flexibility index (Phi) is 7.69. The van der Waals surface area contributed by atoms with E-state index >= 15 is 0 Å². The first-order chi connectivity index (χ1) is 14.4. The average Bonchev–Trinajstić information content (AvgIpc) is 3.25. The van der Waals surface area contributed by atoms with Gasteiger partial charge in [-0.3, -0.25) is 14.0 Å². The molecule has 0 bridgehead atoms. The highest BCUT2D eigenvalue weighted by Gasteiger charge is 2.27. The van der Waals surface area contributed by atoms with Gasteiger partial charge in [0.1, 0.15) is 6.10 Å². The number of aliphatic hydroxyl groups excluding tert-OH is 2. The number of aromatic nitrogens is 2. The molecule has 3 rings (SSSR count). The summed E-state index contributed by atoms with van der Waals surface area (Å²) >= 11 is 0. The third-order valence-electron chi connectivity index (χ3n) is 5.71. The van der Waals surface area contributed by atoms with Crippen molar-refractivity contribution >= 4 is 22.5 Å². The van der Waals surface area contributed by atoms with Crippen LogP contribution in [0.3, 0.4) is 0 Å². The van der Waals surface area contributed by atoms with E-state index in [2.05, 4.69) is 15.3 Å². The molecule has 3 unspecified atom stereocenters. The van der Waals surface area contributed by atoms with Crippen LogP contribution in [-0.4, -0.2) is 43.2 Å². The third-order valence-corrected chi connectivity index (χ3v) is 6.79. The second kappa shape index (κ2) is 10.2. The van der Waals surface area contributed by atoms with Crippen LogP contribution in [0.4, 0.5) is 5.82 Å². The molecular weight excluding hydrogens is 402 g/mol. The van der Waals surface area contributed by atoms with Crippen LogP contribution in [0.15, 0.2) is 35.5 Å². The zero-order valence-electron chi connectivity index (χ0n) is 17.4. The molecule has 1 aliphatic rings. The Hall–Kier alpha value is -2.16. The van der Waals surface area contributed by atoms with Gasteiger partial charge in [-0.1, -0.05) is 37.8 Å². The molecule has 1 amide bonds. The lowest BCUT2D eigenvalue weighted by atomic mass is 9.86. The number of nitrogens with zero attached hydrogens (tertiary/aromatic N) is 2. The van der Waals surface area contributed by atoms with E-state index in [9.17, 15) is 14.1 Å². The summed E-state index contributed by atoms with van der Waals surface area (Å²) in [6.45, 7) is 1.48. The smallest absolute Gasteiger partial charge is 0.233 e. The number of nitrogens with one attached hydrogen (secondary N) is 1. The Balaban J connectivity index is 1.81. The SMILES string of the molecule is Cc1cc(C(CC2CCCC2)C(=O)Nc2cnc(C(O)CO)cn2)ccc1S(C)=O. The van der Waals surface area contributed by atoms with Crippen LogP contribution in [0.5, 0.6) is 0 Å². The summed E-state index contributed by atoms with van der Waals surface area (Å²) in [5.41, 5.74) is 2.07. The van der Waals surface area contributed by atoms with Gasteiger partial charge in [-0.15, -0.1) is 0 Å². The number of rotatable bonds is 8. The molecule has 0 saturated heterocycles. The summed E-state index contributed by atoms with van der Waals surface area (Å²) in [6, 6.07) is 5.71. The third kappa shape index (κ3) is 5.50. The fraction of sp³-hybridized carbons (Fsp3) is 0.500. The Morgan fingerprint density at radius 3 is 2.57 bits per heavy atom. The second-order valence-electron chi connectivity index (χ2n) is 7.93. The van der Waals surface area contributed by atoms with Gasteiger partial charge in [-0.05, 0) is 36.5 Å². The van der Waals surface area contributed by atoms with Gasteiger partial charge in [0.05, 0.1) is 41.4 Å². The van der Waals surface area contributed by atoms with Crippen molar-refractivity contribution in [2.75, 3.05) is 18.2 Å². The molecule has 3 atom stereocenters. The molecule has 1 fully saturated rings.